The lowest BCUT2D eigenvalue weighted by Crippen LogP contribution is -2.38. The highest BCUT2D eigenvalue weighted by Gasteiger charge is 2.26. The zero-order valence-electron chi connectivity index (χ0n) is 19.5. The number of hydrogen-bond acceptors (Lipinski definition) is 5. The van der Waals surface area contributed by atoms with Gasteiger partial charge in [0.05, 0.1) is 5.69 Å². The number of rotatable bonds is 5. The van der Waals surface area contributed by atoms with Crippen LogP contribution in [0.15, 0.2) is 73.2 Å². The van der Waals surface area contributed by atoms with Crippen LogP contribution >= 0.6 is 0 Å². The topological polar surface area (TPSA) is 75.9 Å². The van der Waals surface area contributed by atoms with Gasteiger partial charge in [0.2, 0.25) is 5.91 Å². The summed E-state index contributed by atoms with van der Waals surface area (Å²) in [4.78, 5) is 24.4. The van der Waals surface area contributed by atoms with Gasteiger partial charge in [-0.25, -0.2) is 14.6 Å². The first-order valence-corrected chi connectivity index (χ1v) is 11.6. The van der Waals surface area contributed by atoms with Crippen LogP contribution < -0.4 is 10.2 Å². The minimum absolute atomic E-state index is 0.00382. The Hall–Kier alpha value is -4.00. The van der Waals surface area contributed by atoms with Gasteiger partial charge in [0.15, 0.2) is 5.82 Å². The van der Waals surface area contributed by atoms with E-state index in [4.69, 9.17) is 4.98 Å². The minimum Gasteiger partial charge on any atom is -0.356 e. The van der Waals surface area contributed by atoms with Gasteiger partial charge in [-0.05, 0) is 74.2 Å². The van der Waals surface area contributed by atoms with E-state index >= 15 is 0 Å². The predicted molar refractivity (Wildman–Crippen MR) is 134 cm³/mol. The molecule has 0 bridgehead atoms. The van der Waals surface area contributed by atoms with Crippen molar-refractivity contribution in [2.45, 2.75) is 26.7 Å². The van der Waals surface area contributed by atoms with E-state index in [9.17, 15) is 4.79 Å². The number of amides is 1. The number of carbonyl (C=O) groups excluding carboxylic acids is 1. The van der Waals surface area contributed by atoms with E-state index in [2.05, 4.69) is 26.4 Å². The summed E-state index contributed by atoms with van der Waals surface area (Å²) in [6.45, 7) is 5.67. The number of hydrogen-bond donors (Lipinski definition) is 1. The normalized spacial score (nSPS) is 14.2. The first kappa shape index (κ1) is 21.8. The van der Waals surface area contributed by atoms with Crippen molar-refractivity contribution in [2.24, 2.45) is 5.92 Å². The number of aromatic nitrogens is 4. The fourth-order valence-corrected chi connectivity index (χ4v) is 4.54. The van der Waals surface area contributed by atoms with Crippen molar-refractivity contribution < 1.29 is 4.79 Å². The van der Waals surface area contributed by atoms with Crippen LogP contribution in [0.3, 0.4) is 0 Å². The van der Waals surface area contributed by atoms with Crippen molar-refractivity contribution in [1.29, 1.82) is 0 Å². The second-order valence-corrected chi connectivity index (χ2v) is 8.87. The molecule has 2 aromatic heterocycles. The molecule has 1 amide bonds. The second-order valence-electron chi connectivity index (χ2n) is 8.87. The van der Waals surface area contributed by atoms with E-state index in [1.165, 1.54) is 0 Å². The number of carbonyl (C=O) groups is 1. The Morgan fingerprint density at radius 2 is 1.76 bits per heavy atom. The van der Waals surface area contributed by atoms with Crippen molar-refractivity contribution >= 4 is 17.4 Å². The number of anilines is 2. The molecule has 0 aliphatic carbocycles. The SMILES string of the molecule is Cc1cc(C)cc(NC(=O)C2CCN(c3ccnc(-c4cccc(-n5cccn5)c4)n3)CC2)c1. The van der Waals surface area contributed by atoms with Crippen LogP contribution in [-0.2, 0) is 4.79 Å². The highest BCUT2D eigenvalue weighted by molar-refractivity contribution is 5.92. The van der Waals surface area contributed by atoms with Crippen molar-refractivity contribution in [3.05, 3.63) is 84.3 Å². The van der Waals surface area contributed by atoms with Crippen LogP contribution in [0, 0.1) is 19.8 Å². The molecule has 3 heterocycles. The van der Waals surface area contributed by atoms with Crippen LogP contribution in [-0.4, -0.2) is 38.7 Å². The summed E-state index contributed by atoms with van der Waals surface area (Å²) < 4.78 is 1.82. The molecule has 0 saturated carbocycles. The van der Waals surface area contributed by atoms with E-state index in [0.29, 0.717) is 5.82 Å². The number of nitrogens with one attached hydrogen (secondary N) is 1. The van der Waals surface area contributed by atoms with Gasteiger partial charge in [-0.1, -0.05) is 18.2 Å². The summed E-state index contributed by atoms with van der Waals surface area (Å²) in [6.07, 6.45) is 7.07. The molecular formula is C27H28N6O. The number of piperidine rings is 1. The highest BCUT2D eigenvalue weighted by atomic mass is 16.1. The molecule has 172 valence electrons. The Kier molecular flexibility index (Phi) is 6.08. The van der Waals surface area contributed by atoms with Gasteiger partial charge < -0.3 is 10.2 Å². The van der Waals surface area contributed by atoms with Gasteiger partial charge in [-0.3, -0.25) is 4.79 Å². The monoisotopic (exact) mass is 452 g/mol. The molecule has 0 atom stereocenters. The van der Waals surface area contributed by atoms with Gasteiger partial charge in [0.25, 0.3) is 0 Å². The molecule has 1 saturated heterocycles. The van der Waals surface area contributed by atoms with E-state index in [1.54, 1.807) is 12.4 Å². The van der Waals surface area contributed by atoms with Crippen molar-refractivity contribution in [3.8, 4) is 17.1 Å². The summed E-state index contributed by atoms with van der Waals surface area (Å²) in [7, 11) is 0. The standard InChI is InChI=1S/C27H28N6O/c1-19-15-20(2)17-23(16-19)30-27(34)21-8-13-32(14-9-21)25-7-11-28-26(31-25)22-5-3-6-24(18-22)33-12-4-10-29-33/h3-7,10-12,15-18,21H,8-9,13-14H2,1-2H3,(H,30,34). The molecule has 7 nitrogen and oxygen atoms in total. The first-order chi connectivity index (χ1) is 16.5. The van der Waals surface area contributed by atoms with Gasteiger partial charge >= 0.3 is 0 Å². The molecule has 0 radical (unpaired) electrons. The molecule has 1 fully saturated rings. The van der Waals surface area contributed by atoms with Crippen LogP contribution in [0.1, 0.15) is 24.0 Å². The Balaban J connectivity index is 1.25. The van der Waals surface area contributed by atoms with Crippen molar-refractivity contribution in [3.63, 3.8) is 0 Å². The van der Waals surface area contributed by atoms with Crippen LogP contribution in [0.4, 0.5) is 11.5 Å². The summed E-state index contributed by atoms with van der Waals surface area (Å²) in [6, 6.07) is 18.0. The van der Waals surface area contributed by atoms with Gasteiger partial charge in [-0.2, -0.15) is 5.10 Å². The molecule has 0 unspecified atom stereocenters. The predicted octanol–water partition coefficient (Wildman–Crippen LogP) is 4.80. The lowest BCUT2D eigenvalue weighted by atomic mass is 9.95. The molecule has 4 aromatic rings. The van der Waals surface area contributed by atoms with Crippen LogP contribution in [0.5, 0.6) is 0 Å². The van der Waals surface area contributed by atoms with Crippen LogP contribution in [0.2, 0.25) is 0 Å². The van der Waals surface area contributed by atoms with Gasteiger partial charge in [0, 0.05) is 48.8 Å². The lowest BCUT2D eigenvalue weighted by Gasteiger charge is -2.32. The molecule has 1 N–H and O–H groups in total. The minimum atomic E-state index is 0.00382. The average Bonchev–Trinajstić information content (AvgIpc) is 3.39. The molecule has 1 aliphatic heterocycles. The summed E-state index contributed by atoms with van der Waals surface area (Å²) in [5.41, 5.74) is 5.09. The third-order valence-corrected chi connectivity index (χ3v) is 6.19. The van der Waals surface area contributed by atoms with Gasteiger partial charge in [0.1, 0.15) is 5.82 Å². The largest absolute Gasteiger partial charge is 0.356 e. The molecule has 5 rings (SSSR count). The number of aryl methyl sites for hydroxylation is 2. The summed E-state index contributed by atoms with van der Waals surface area (Å²) in [5, 5.41) is 7.41. The van der Waals surface area contributed by atoms with Crippen molar-refractivity contribution in [2.75, 3.05) is 23.3 Å². The Morgan fingerprint density at radius 3 is 2.50 bits per heavy atom. The molecular weight excluding hydrogens is 424 g/mol. The maximum Gasteiger partial charge on any atom is 0.227 e. The summed E-state index contributed by atoms with van der Waals surface area (Å²) in [5.74, 6) is 1.68. The molecule has 0 spiro atoms. The zero-order valence-corrected chi connectivity index (χ0v) is 19.5. The fourth-order valence-electron chi connectivity index (χ4n) is 4.54. The van der Waals surface area contributed by atoms with E-state index in [0.717, 1.165) is 59.8 Å². The quantitative estimate of drug-likeness (QED) is 0.471. The Bertz CT molecular complexity index is 1270. The molecule has 1 aliphatic rings. The smallest absolute Gasteiger partial charge is 0.227 e. The average molecular weight is 453 g/mol. The molecule has 2 aromatic carbocycles. The fraction of sp³-hybridized carbons (Fsp3) is 0.259. The second kappa shape index (κ2) is 9.47. The maximum atomic E-state index is 12.8. The Morgan fingerprint density at radius 1 is 0.971 bits per heavy atom. The third-order valence-electron chi connectivity index (χ3n) is 6.19. The first-order valence-electron chi connectivity index (χ1n) is 11.6. The van der Waals surface area contributed by atoms with Gasteiger partial charge in [-0.15, -0.1) is 0 Å². The van der Waals surface area contributed by atoms with Crippen molar-refractivity contribution in [1.82, 2.24) is 19.7 Å². The Labute approximate surface area is 199 Å². The molecule has 34 heavy (non-hydrogen) atoms. The summed E-state index contributed by atoms with van der Waals surface area (Å²) >= 11 is 0. The zero-order chi connectivity index (χ0) is 23.5. The number of nitrogens with zero attached hydrogens (tertiary/aromatic N) is 5. The van der Waals surface area contributed by atoms with E-state index in [-0.39, 0.29) is 11.8 Å². The third kappa shape index (κ3) is 4.83. The number of benzene rings is 2. The lowest BCUT2D eigenvalue weighted by molar-refractivity contribution is -0.120. The maximum absolute atomic E-state index is 12.8. The van der Waals surface area contributed by atoms with E-state index in [1.807, 2.05) is 73.3 Å². The molecule has 7 heteroatoms. The van der Waals surface area contributed by atoms with E-state index < -0.39 is 0 Å². The highest BCUT2D eigenvalue weighted by Crippen LogP contribution is 2.26. The van der Waals surface area contributed by atoms with Crippen LogP contribution in [0.25, 0.3) is 17.1 Å².